The third-order valence-corrected chi connectivity index (χ3v) is 2.77. The summed E-state index contributed by atoms with van der Waals surface area (Å²) in [4.78, 5) is 29.7. The van der Waals surface area contributed by atoms with E-state index in [-0.39, 0.29) is 21.8 Å². The van der Waals surface area contributed by atoms with E-state index in [0.717, 1.165) is 11.8 Å². The highest BCUT2D eigenvalue weighted by molar-refractivity contribution is 7.99. The summed E-state index contributed by atoms with van der Waals surface area (Å²) in [5.74, 6) is 0.481. The Labute approximate surface area is 117 Å². The van der Waals surface area contributed by atoms with E-state index in [1.807, 2.05) is 6.92 Å². The van der Waals surface area contributed by atoms with Crippen LogP contribution in [0.15, 0.2) is 21.2 Å². The van der Waals surface area contributed by atoms with E-state index in [1.54, 1.807) is 0 Å². The van der Waals surface area contributed by atoms with Gasteiger partial charge in [0, 0.05) is 12.6 Å². The average Bonchev–Trinajstić information content (AvgIpc) is 2.26. The minimum Gasteiger partial charge on any atom is -0.383 e. The van der Waals surface area contributed by atoms with Crippen molar-refractivity contribution >= 4 is 35.1 Å². The van der Waals surface area contributed by atoms with E-state index in [4.69, 9.17) is 17.3 Å². The summed E-state index contributed by atoms with van der Waals surface area (Å²) in [6.45, 7) is 2.55. The largest absolute Gasteiger partial charge is 0.383 e. The van der Waals surface area contributed by atoms with Gasteiger partial charge < -0.3 is 16.0 Å². The van der Waals surface area contributed by atoms with Crippen LogP contribution in [0.2, 0.25) is 5.28 Å². The molecule has 0 radical (unpaired) electrons. The standard InChI is InChI=1S/C9H10ClN7OS/c1-2-12-7-15-6(10)16-9(17-7)19-8-13-4(11)3-5(18)14-8/h3H,2H2,1H3,(H3,11,13,14,18)(H,12,15,16,17). The molecule has 2 aromatic rings. The van der Waals surface area contributed by atoms with Crippen molar-refractivity contribution in [3.05, 3.63) is 21.7 Å². The molecule has 0 saturated carbocycles. The second kappa shape index (κ2) is 5.85. The Balaban J connectivity index is 2.29. The van der Waals surface area contributed by atoms with Gasteiger partial charge in [-0.15, -0.1) is 0 Å². The fraction of sp³-hybridized carbons (Fsp3) is 0.222. The first kappa shape index (κ1) is 13.6. The lowest BCUT2D eigenvalue weighted by Gasteiger charge is -2.04. The average molecular weight is 300 g/mol. The predicted molar refractivity (Wildman–Crippen MR) is 72.4 cm³/mol. The summed E-state index contributed by atoms with van der Waals surface area (Å²) >= 11 is 6.82. The van der Waals surface area contributed by atoms with Crippen LogP contribution in [-0.2, 0) is 0 Å². The van der Waals surface area contributed by atoms with Gasteiger partial charge in [0.05, 0.1) is 0 Å². The maximum Gasteiger partial charge on any atom is 0.253 e. The van der Waals surface area contributed by atoms with Crippen molar-refractivity contribution in [2.75, 3.05) is 17.6 Å². The minimum atomic E-state index is -0.345. The van der Waals surface area contributed by atoms with Crippen molar-refractivity contribution in [3.8, 4) is 0 Å². The number of rotatable bonds is 4. The van der Waals surface area contributed by atoms with Gasteiger partial charge >= 0.3 is 0 Å². The van der Waals surface area contributed by atoms with Gasteiger partial charge in [-0.25, -0.2) is 4.98 Å². The van der Waals surface area contributed by atoms with Crippen molar-refractivity contribution in [2.45, 2.75) is 17.2 Å². The number of nitrogens with one attached hydrogen (secondary N) is 2. The molecule has 0 spiro atoms. The third kappa shape index (κ3) is 3.80. The summed E-state index contributed by atoms with van der Waals surface area (Å²) in [6.07, 6.45) is 0. The van der Waals surface area contributed by atoms with Gasteiger partial charge in [0.2, 0.25) is 16.4 Å². The second-order valence-electron chi connectivity index (χ2n) is 3.32. The molecular weight excluding hydrogens is 290 g/mol. The molecule has 2 aromatic heterocycles. The molecule has 4 N–H and O–H groups in total. The molecule has 0 saturated heterocycles. The SMILES string of the molecule is CCNc1nc(Cl)nc(Sc2nc(N)cc(=O)[nH]2)n1. The molecule has 0 aromatic carbocycles. The second-order valence-corrected chi connectivity index (χ2v) is 4.61. The highest BCUT2D eigenvalue weighted by Crippen LogP contribution is 2.22. The van der Waals surface area contributed by atoms with Crippen LogP contribution >= 0.6 is 23.4 Å². The van der Waals surface area contributed by atoms with Crippen LogP contribution in [0.5, 0.6) is 0 Å². The van der Waals surface area contributed by atoms with E-state index in [1.165, 1.54) is 6.07 Å². The summed E-state index contributed by atoms with van der Waals surface area (Å²) in [6, 6.07) is 1.19. The highest BCUT2D eigenvalue weighted by Gasteiger charge is 2.08. The first-order valence-electron chi connectivity index (χ1n) is 5.27. The first-order chi connectivity index (χ1) is 9.06. The van der Waals surface area contributed by atoms with Crippen molar-refractivity contribution in [1.82, 2.24) is 24.9 Å². The van der Waals surface area contributed by atoms with Gasteiger partial charge in [-0.2, -0.15) is 15.0 Å². The number of hydrogen-bond acceptors (Lipinski definition) is 8. The smallest absolute Gasteiger partial charge is 0.253 e. The first-order valence-corrected chi connectivity index (χ1v) is 6.46. The molecular formula is C9H10ClN7OS. The van der Waals surface area contributed by atoms with E-state index < -0.39 is 0 Å². The number of hydrogen-bond donors (Lipinski definition) is 3. The molecule has 0 aliphatic rings. The number of nitrogens with zero attached hydrogens (tertiary/aromatic N) is 4. The van der Waals surface area contributed by atoms with E-state index in [0.29, 0.717) is 17.6 Å². The minimum absolute atomic E-state index is 0.0553. The summed E-state index contributed by atoms with van der Waals surface area (Å²) in [7, 11) is 0. The fourth-order valence-electron chi connectivity index (χ4n) is 1.20. The maximum atomic E-state index is 11.3. The van der Waals surface area contributed by atoms with Gasteiger partial charge in [-0.1, -0.05) is 0 Å². The number of nitrogens with two attached hydrogens (primary N) is 1. The molecule has 0 aliphatic carbocycles. The molecule has 0 atom stereocenters. The Bertz CT molecular complexity index is 647. The van der Waals surface area contributed by atoms with Crippen LogP contribution in [-0.4, -0.2) is 31.5 Å². The lowest BCUT2D eigenvalue weighted by Crippen LogP contribution is -2.10. The Morgan fingerprint density at radius 1 is 1.42 bits per heavy atom. The lowest BCUT2D eigenvalue weighted by molar-refractivity contribution is 0.881. The molecule has 19 heavy (non-hydrogen) atoms. The molecule has 0 bridgehead atoms. The number of halogens is 1. The van der Waals surface area contributed by atoms with Crippen LogP contribution in [0, 0.1) is 0 Å². The van der Waals surface area contributed by atoms with E-state index in [2.05, 4.69) is 30.2 Å². The summed E-state index contributed by atoms with van der Waals surface area (Å²) in [5, 5.41) is 3.57. The van der Waals surface area contributed by atoms with E-state index >= 15 is 0 Å². The topological polar surface area (TPSA) is 122 Å². The number of H-pyrrole nitrogens is 1. The highest BCUT2D eigenvalue weighted by atomic mass is 35.5. The molecule has 8 nitrogen and oxygen atoms in total. The summed E-state index contributed by atoms with van der Waals surface area (Å²) in [5.41, 5.74) is 5.14. The van der Waals surface area contributed by atoms with Gasteiger partial charge in [-0.3, -0.25) is 4.79 Å². The fourth-order valence-corrected chi connectivity index (χ4v) is 2.15. The van der Waals surface area contributed by atoms with Crippen molar-refractivity contribution in [2.24, 2.45) is 0 Å². The van der Waals surface area contributed by atoms with Gasteiger partial charge in [0.15, 0.2) is 5.16 Å². The molecule has 0 aliphatic heterocycles. The zero-order chi connectivity index (χ0) is 13.8. The predicted octanol–water partition coefficient (Wildman–Crippen LogP) is 0.773. The van der Waals surface area contributed by atoms with Crippen molar-refractivity contribution in [1.29, 1.82) is 0 Å². The van der Waals surface area contributed by atoms with Crippen LogP contribution < -0.4 is 16.6 Å². The lowest BCUT2D eigenvalue weighted by atomic mass is 10.6. The molecule has 2 heterocycles. The van der Waals surface area contributed by atoms with Crippen LogP contribution in [0.3, 0.4) is 0 Å². The molecule has 100 valence electrons. The Kier molecular flexibility index (Phi) is 4.17. The Hall–Kier alpha value is -1.87. The maximum absolute atomic E-state index is 11.3. The molecule has 0 amide bonds. The number of nitrogen functional groups attached to an aromatic ring is 1. The molecule has 0 fully saturated rings. The monoisotopic (exact) mass is 299 g/mol. The van der Waals surface area contributed by atoms with Gasteiger partial charge in [-0.05, 0) is 30.3 Å². The van der Waals surface area contributed by atoms with Gasteiger partial charge in [0.25, 0.3) is 5.56 Å². The Morgan fingerprint density at radius 3 is 2.89 bits per heavy atom. The van der Waals surface area contributed by atoms with Crippen LogP contribution in [0.1, 0.15) is 6.92 Å². The zero-order valence-corrected chi connectivity index (χ0v) is 11.4. The van der Waals surface area contributed by atoms with Gasteiger partial charge in [0.1, 0.15) is 5.82 Å². The van der Waals surface area contributed by atoms with Crippen LogP contribution in [0.4, 0.5) is 11.8 Å². The van der Waals surface area contributed by atoms with E-state index in [9.17, 15) is 4.79 Å². The third-order valence-electron chi connectivity index (χ3n) is 1.85. The normalized spacial score (nSPS) is 10.4. The van der Waals surface area contributed by atoms with Crippen molar-refractivity contribution < 1.29 is 0 Å². The number of anilines is 2. The summed E-state index contributed by atoms with van der Waals surface area (Å²) < 4.78 is 0. The number of aromatic nitrogens is 5. The van der Waals surface area contributed by atoms with Crippen LogP contribution in [0.25, 0.3) is 0 Å². The molecule has 2 rings (SSSR count). The zero-order valence-electron chi connectivity index (χ0n) is 9.85. The number of aromatic amines is 1. The quantitative estimate of drug-likeness (QED) is 0.708. The molecule has 0 unspecified atom stereocenters. The Morgan fingerprint density at radius 2 is 2.21 bits per heavy atom. The van der Waals surface area contributed by atoms with Crippen molar-refractivity contribution in [3.63, 3.8) is 0 Å². The molecule has 10 heteroatoms.